The van der Waals surface area contributed by atoms with Crippen molar-refractivity contribution < 1.29 is 33.9 Å². The number of methoxy groups -OCH3 is 1. The fraction of sp³-hybridized carbons (Fsp3) is 0.758. The molecule has 10 rings (SSSR count). The second-order valence-corrected chi connectivity index (χ2v) is 13.9. The third-order valence-electron chi connectivity index (χ3n) is 11.9. The van der Waals surface area contributed by atoms with Crippen LogP contribution in [0, 0.1) is 17.3 Å². The molecule has 9 atom stereocenters. The fourth-order valence-electron chi connectivity index (χ4n) is 9.88. The molecule has 1 aromatic carbocycles. The monoisotopic (exact) mass is 569 g/mol. The molecule has 8 nitrogen and oxygen atoms in total. The number of hydrogen-bond donors (Lipinski definition) is 2. The predicted octanol–water partition coefficient (Wildman–Crippen LogP) is 3.79. The van der Waals surface area contributed by atoms with Gasteiger partial charge < -0.3 is 38.8 Å². The fourth-order valence-corrected chi connectivity index (χ4v) is 9.88. The van der Waals surface area contributed by atoms with Crippen molar-refractivity contribution in [2.75, 3.05) is 59.1 Å². The van der Waals surface area contributed by atoms with Crippen LogP contribution in [0.5, 0.6) is 0 Å². The molecule has 3 unspecified atom stereocenters. The first-order valence-corrected chi connectivity index (χ1v) is 15.6. The molecule has 0 amide bonds. The Morgan fingerprint density at radius 2 is 1.71 bits per heavy atom. The van der Waals surface area contributed by atoms with Crippen LogP contribution in [-0.4, -0.2) is 93.6 Å². The topological polar surface area (TPSA) is 89.9 Å². The first-order chi connectivity index (χ1) is 19.6. The highest BCUT2D eigenvalue weighted by Gasteiger charge is 2.68. The predicted molar refractivity (Wildman–Crippen MR) is 154 cm³/mol. The van der Waals surface area contributed by atoms with E-state index < -0.39 is 23.1 Å². The molecule has 9 aliphatic rings. The molecule has 3 saturated carbocycles. The van der Waals surface area contributed by atoms with E-state index in [4.69, 9.17) is 23.7 Å². The average molecular weight is 570 g/mol. The van der Waals surface area contributed by atoms with E-state index in [-0.39, 0.29) is 23.4 Å². The second kappa shape index (κ2) is 10.0. The van der Waals surface area contributed by atoms with Crippen LogP contribution in [0.25, 0.3) is 0 Å². The third-order valence-corrected chi connectivity index (χ3v) is 11.9. The van der Waals surface area contributed by atoms with Gasteiger partial charge in [0.05, 0.1) is 44.2 Å². The second-order valence-electron chi connectivity index (χ2n) is 13.9. The van der Waals surface area contributed by atoms with Gasteiger partial charge in [0.2, 0.25) is 0 Å². The smallest absolute Gasteiger partial charge is 0.198 e. The van der Waals surface area contributed by atoms with Gasteiger partial charge in [0.1, 0.15) is 12.2 Å². The van der Waals surface area contributed by atoms with Crippen LogP contribution in [0.4, 0.5) is 5.69 Å². The van der Waals surface area contributed by atoms with Crippen LogP contribution in [0.2, 0.25) is 0 Å². The number of hydrogen-bond acceptors (Lipinski definition) is 8. The Balaban J connectivity index is 1.43. The lowest BCUT2D eigenvalue weighted by atomic mass is 9.49. The quantitative estimate of drug-likeness (QED) is 0.530. The van der Waals surface area contributed by atoms with Crippen LogP contribution in [-0.2, 0) is 23.7 Å². The van der Waals surface area contributed by atoms with Crippen LogP contribution >= 0.6 is 0 Å². The van der Waals surface area contributed by atoms with Gasteiger partial charge in [-0.1, -0.05) is 24.6 Å². The van der Waals surface area contributed by atoms with Gasteiger partial charge in [-0.2, -0.15) is 0 Å². The SMILES string of the molecule is COCC1OCCOC23C[C@@]4(O)CC[C@@H]5C(=C4CC2OCCO3)[C@@H](c2ccc(N(C)C)cc2)C[C@@]2(C)[C@@H]5CC[C@@]12O. The number of ether oxygens (including phenoxy) is 5. The minimum absolute atomic E-state index is 0.0768. The van der Waals surface area contributed by atoms with Crippen LogP contribution in [0.15, 0.2) is 35.4 Å². The van der Waals surface area contributed by atoms with E-state index in [1.807, 2.05) is 0 Å². The van der Waals surface area contributed by atoms with Gasteiger partial charge in [-0.3, -0.25) is 0 Å². The zero-order valence-corrected chi connectivity index (χ0v) is 25.1. The maximum absolute atomic E-state index is 12.7. The van der Waals surface area contributed by atoms with Gasteiger partial charge in [-0.15, -0.1) is 0 Å². The highest BCUT2D eigenvalue weighted by molar-refractivity contribution is 5.50. The summed E-state index contributed by atoms with van der Waals surface area (Å²) in [7, 11) is 5.80. The van der Waals surface area contributed by atoms with E-state index in [1.54, 1.807) is 7.11 Å². The van der Waals surface area contributed by atoms with Crippen molar-refractivity contribution in [1.29, 1.82) is 0 Å². The molecule has 0 aromatic heterocycles. The molecule has 5 heterocycles. The molecule has 2 N–H and O–H groups in total. The van der Waals surface area contributed by atoms with Crippen molar-refractivity contribution in [1.82, 2.24) is 0 Å². The van der Waals surface area contributed by atoms with E-state index in [1.165, 1.54) is 11.1 Å². The van der Waals surface area contributed by atoms with Crippen molar-refractivity contribution in [3.05, 3.63) is 41.0 Å². The van der Waals surface area contributed by atoms with E-state index >= 15 is 0 Å². The van der Waals surface area contributed by atoms with Crippen molar-refractivity contribution in [3.8, 4) is 0 Å². The highest BCUT2D eigenvalue weighted by Crippen LogP contribution is 2.69. The Hall–Kier alpha value is -1.52. The number of anilines is 1. The summed E-state index contributed by atoms with van der Waals surface area (Å²) in [6.45, 7) is 4.19. The van der Waals surface area contributed by atoms with Gasteiger partial charge in [-0.05, 0) is 67.2 Å². The Morgan fingerprint density at radius 3 is 2.41 bits per heavy atom. The average Bonchev–Trinajstić information content (AvgIpc) is 3.23. The van der Waals surface area contributed by atoms with E-state index in [0.717, 1.165) is 30.5 Å². The minimum atomic E-state index is -1.03. The molecular formula is C33H47NO7. The molecule has 8 bridgehead atoms. The third kappa shape index (κ3) is 4.12. The zero-order chi connectivity index (χ0) is 28.6. The van der Waals surface area contributed by atoms with Crippen molar-refractivity contribution in [3.63, 3.8) is 0 Å². The van der Waals surface area contributed by atoms with E-state index in [9.17, 15) is 10.2 Å². The van der Waals surface area contributed by atoms with E-state index in [2.05, 4.69) is 50.2 Å². The summed E-state index contributed by atoms with van der Waals surface area (Å²) in [5.74, 6) is -0.349. The van der Waals surface area contributed by atoms with Gasteiger partial charge in [0.25, 0.3) is 0 Å². The first kappa shape index (κ1) is 28.3. The summed E-state index contributed by atoms with van der Waals surface area (Å²) in [6.07, 6.45) is 4.21. The number of allylic oxidation sites excluding steroid dienone is 1. The number of benzene rings is 1. The molecule has 0 radical (unpaired) electrons. The molecular weight excluding hydrogens is 522 g/mol. The van der Waals surface area contributed by atoms with Crippen LogP contribution < -0.4 is 4.90 Å². The molecule has 1 spiro atoms. The van der Waals surface area contributed by atoms with Gasteiger partial charge >= 0.3 is 0 Å². The van der Waals surface area contributed by atoms with Crippen LogP contribution in [0.3, 0.4) is 0 Å². The Morgan fingerprint density at radius 1 is 0.976 bits per heavy atom. The Labute approximate surface area is 243 Å². The highest BCUT2D eigenvalue weighted by atomic mass is 16.7. The van der Waals surface area contributed by atoms with Gasteiger partial charge in [0, 0.05) is 51.1 Å². The molecule has 4 aliphatic carbocycles. The summed E-state index contributed by atoms with van der Waals surface area (Å²) in [5.41, 5.74) is 2.51. The molecule has 2 saturated heterocycles. The van der Waals surface area contributed by atoms with Crippen molar-refractivity contribution >= 4 is 5.69 Å². The lowest BCUT2D eigenvalue weighted by molar-refractivity contribution is -0.351. The lowest BCUT2D eigenvalue weighted by Gasteiger charge is -2.60. The molecule has 41 heavy (non-hydrogen) atoms. The first-order valence-electron chi connectivity index (χ1n) is 15.6. The number of nitrogens with zero attached hydrogens (tertiary/aromatic N) is 1. The van der Waals surface area contributed by atoms with Gasteiger partial charge in [0.15, 0.2) is 5.79 Å². The number of fused-ring (bicyclic) bond motifs is 1. The van der Waals surface area contributed by atoms with E-state index in [0.29, 0.717) is 64.6 Å². The number of rotatable bonds is 4. The zero-order valence-electron chi connectivity index (χ0n) is 25.1. The molecule has 8 heteroatoms. The summed E-state index contributed by atoms with van der Waals surface area (Å²) in [4.78, 5) is 2.12. The molecule has 1 aromatic rings. The Bertz CT molecular complexity index is 1190. The van der Waals surface area contributed by atoms with Crippen molar-refractivity contribution in [2.24, 2.45) is 17.3 Å². The van der Waals surface area contributed by atoms with Crippen molar-refractivity contribution in [2.45, 2.75) is 87.0 Å². The largest absolute Gasteiger partial charge is 0.386 e. The number of aliphatic hydroxyl groups is 2. The van der Waals surface area contributed by atoms with Gasteiger partial charge in [-0.25, -0.2) is 0 Å². The molecule has 226 valence electrons. The summed E-state index contributed by atoms with van der Waals surface area (Å²) < 4.78 is 31.3. The minimum Gasteiger partial charge on any atom is -0.386 e. The van der Waals surface area contributed by atoms with Crippen LogP contribution in [0.1, 0.15) is 63.4 Å². The molecule has 5 fully saturated rings. The maximum Gasteiger partial charge on any atom is 0.198 e. The summed E-state index contributed by atoms with van der Waals surface area (Å²) in [6, 6.07) is 8.87. The lowest BCUT2D eigenvalue weighted by Crippen LogP contribution is -2.64. The standard InChI is InChI=1S/C33H47NO7/c1-30-18-24(21-5-7-22(8-6-21)34(2)3)29-23-9-11-31(35)20-33(27(17-26(29)31)38-13-15-40-33)41-16-14-39-28(19-37-4)32(30,36)12-10-25(23)30/h5-8,23-25,27-28,35-36H,9-20H2,1-4H3/t23-,24+,25+,27?,28?,30-,31-,32+,33?/m0/s1. The Kier molecular flexibility index (Phi) is 6.90. The summed E-state index contributed by atoms with van der Waals surface area (Å²) in [5, 5.41) is 25.2. The normalized spacial score (nSPS) is 45.6. The molecule has 5 aliphatic heterocycles. The maximum atomic E-state index is 12.7. The summed E-state index contributed by atoms with van der Waals surface area (Å²) >= 11 is 0.